The van der Waals surface area contributed by atoms with Crippen LogP contribution in [-0.2, 0) is 25.7 Å². The van der Waals surface area contributed by atoms with Crippen molar-refractivity contribution in [1.82, 2.24) is 4.90 Å². The van der Waals surface area contributed by atoms with E-state index in [4.69, 9.17) is 4.74 Å². The topological polar surface area (TPSA) is 75.7 Å². The van der Waals surface area contributed by atoms with Crippen LogP contribution in [0.1, 0.15) is 23.1 Å². The summed E-state index contributed by atoms with van der Waals surface area (Å²) in [6, 6.07) is 15.3. The van der Waals surface area contributed by atoms with Gasteiger partial charge >= 0.3 is 5.97 Å². The molecule has 0 aromatic heterocycles. The van der Waals surface area contributed by atoms with Crippen molar-refractivity contribution in [3.63, 3.8) is 0 Å². The second-order valence-corrected chi connectivity index (χ2v) is 7.19. The summed E-state index contributed by atoms with van der Waals surface area (Å²) in [6.45, 7) is 4.35. The molecular weight excluding hydrogens is 356 g/mol. The van der Waals surface area contributed by atoms with Crippen LogP contribution < -0.4 is 5.32 Å². The molecular formula is C22H24N2O4. The Kier molecular flexibility index (Phi) is 6.09. The minimum atomic E-state index is -0.537. The van der Waals surface area contributed by atoms with E-state index in [0.717, 1.165) is 16.7 Å². The Morgan fingerprint density at radius 2 is 1.86 bits per heavy atom. The Morgan fingerprint density at radius 1 is 1.11 bits per heavy atom. The zero-order valence-electron chi connectivity index (χ0n) is 16.1. The predicted octanol–water partition coefficient (Wildman–Crippen LogP) is 2.83. The average Bonchev–Trinajstić information content (AvgIpc) is 3.02. The molecule has 1 fully saturated rings. The molecule has 146 valence electrons. The summed E-state index contributed by atoms with van der Waals surface area (Å²) in [7, 11) is 0. The Labute approximate surface area is 164 Å². The molecule has 0 aliphatic carbocycles. The van der Waals surface area contributed by atoms with Crippen molar-refractivity contribution in [2.75, 3.05) is 18.5 Å². The van der Waals surface area contributed by atoms with E-state index in [1.54, 1.807) is 11.0 Å². The normalized spacial score (nSPS) is 16.1. The van der Waals surface area contributed by atoms with Crippen molar-refractivity contribution in [2.45, 2.75) is 26.8 Å². The van der Waals surface area contributed by atoms with Crippen LogP contribution in [-0.4, -0.2) is 35.8 Å². The second-order valence-electron chi connectivity index (χ2n) is 7.19. The van der Waals surface area contributed by atoms with E-state index >= 15 is 0 Å². The number of carbonyl (C=O) groups is 3. The van der Waals surface area contributed by atoms with Gasteiger partial charge in [0.25, 0.3) is 5.91 Å². The first kappa shape index (κ1) is 19.6. The molecule has 2 aromatic carbocycles. The van der Waals surface area contributed by atoms with Crippen LogP contribution in [0.4, 0.5) is 5.69 Å². The number of esters is 1. The van der Waals surface area contributed by atoms with Gasteiger partial charge < -0.3 is 15.0 Å². The van der Waals surface area contributed by atoms with Crippen LogP contribution in [0.25, 0.3) is 0 Å². The van der Waals surface area contributed by atoms with Crippen LogP contribution >= 0.6 is 0 Å². The number of nitrogens with one attached hydrogen (secondary N) is 1. The number of benzene rings is 2. The summed E-state index contributed by atoms with van der Waals surface area (Å²) in [5.74, 6) is -1.53. The van der Waals surface area contributed by atoms with Gasteiger partial charge in [0.2, 0.25) is 5.91 Å². The maximum absolute atomic E-state index is 12.3. The molecule has 1 heterocycles. The summed E-state index contributed by atoms with van der Waals surface area (Å²) in [6.07, 6.45) is 0.115. The first-order valence-corrected chi connectivity index (χ1v) is 9.27. The SMILES string of the molecule is Cc1ccc(CN2CC(C(=O)OCC(=O)Nc3cccc(C)c3)CC2=O)cc1. The van der Waals surface area contributed by atoms with Crippen molar-refractivity contribution in [3.8, 4) is 0 Å². The molecule has 1 aliphatic rings. The van der Waals surface area contributed by atoms with Gasteiger partial charge in [-0.15, -0.1) is 0 Å². The van der Waals surface area contributed by atoms with Gasteiger partial charge in [0.05, 0.1) is 5.92 Å². The Balaban J connectivity index is 1.47. The minimum Gasteiger partial charge on any atom is -0.455 e. The minimum absolute atomic E-state index is 0.0771. The fraction of sp³-hybridized carbons (Fsp3) is 0.318. The highest BCUT2D eigenvalue weighted by atomic mass is 16.5. The molecule has 1 N–H and O–H groups in total. The zero-order chi connectivity index (χ0) is 20.1. The molecule has 6 heteroatoms. The number of likely N-dealkylation sites (tertiary alicyclic amines) is 1. The standard InChI is InChI=1S/C22H24N2O4/c1-15-6-8-17(9-7-15)12-24-13-18(11-21(24)26)22(27)28-14-20(25)23-19-5-3-4-16(2)10-19/h3-10,18H,11-14H2,1-2H3,(H,23,25). The third-order valence-corrected chi connectivity index (χ3v) is 4.69. The molecule has 1 saturated heterocycles. The lowest BCUT2D eigenvalue weighted by Gasteiger charge is -2.16. The van der Waals surface area contributed by atoms with E-state index in [0.29, 0.717) is 18.8 Å². The summed E-state index contributed by atoms with van der Waals surface area (Å²) in [4.78, 5) is 38.1. The smallest absolute Gasteiger partial charge is 0.311 e. The Morgan fingerprint density at radius 3 is 2.57 bits per heavy atom. The fourth-order valence-electron chi connectivity index (χ4n) is 3.17. The number of hydrogen-bond acceptors (Lipinski definition) is 4. The first-order chi connectivity index (χ1) is 13.4. The number of aryl methyl sites for hydroxylation is 2. The maximum Gasteiger partial charge on any atom is 0.311 e. The quantitative estimate of drug-likeness (QED) is 0.782. The molecule has 1 aliphatic heterocycles. The van der Waals surface area contributed by atoms with Gasteiger partial charge in [0.1, 0.15) is 0 Å². The molecule has 1 unspecified atom stereocenters. The largest absolute Gasteiger partial charge is 0.455 e. The number of carbonyl (C=O) groups excluding carboxylic acids is 3. The number of nitrogens with zero attached hydrogens (tertiary/aromatic N) is 1. The molecule has 28 heavy (non-hydrogen) atoms. The average molecular weight is 380 g/mol. The fourth-order valence-corrected chi connectivity index (χ4v) is 3.17. The van der Waals surface area contributed by atoms with E-state index in [1.807, 2.05) is 56.3 Å². The van der Waals surface area contributed by atoms with Crippen molar-refractivity contribution in [3.05, 3.63) is 65.2 Å². The first-order valence-electron chi connectivity index (χ1n) is 9.27. The summed E-state index contributed by atoms with van der Waals surface area (Å²) in [5.41, 5.74) is 3.85. The lowest BCUT2D eigenvalue weighted by molar-refractivity contribution is -0.151. The van der Waals surface area contributed by atoms with E-state index in [1.165, 1.54) is 0 Å². The number of rotatable bonds is 6. The van der Waals surface area contributed by atoms with Gasteiger partial charge in [-0.05, 0) is 37.1 Å². The van der Waals surface area contributed by atoms with Crippen LogP contribution in [0.2, 0.25) is 0 Å². The predicted molar refractivity (Wildman–Crippen MR) is 105 cm³/mol. The molecule has 0 spiro atoms. The number of ether oxygens (including phenoxy) is 1. The highest BCUT2D eigenvalue weighted by Crippen LogP contribution is 2.21. The summed E-state index contributed by atoms with van der Waals surface area (Å²) in [5, 5.41) is 2.69. The highest BCUT2D eigenvalue weighted by molar-refractivity contribution is 5.93. The molecule has 1 atom stereocenters. The van der Waals surface area contributed by atoms with Gasteiger partial charge in [-0.25, -0.2) is 0 Å². The van der Waals surface area contributed by atoms with Crippen molar-refractivity contribution in [2.24, 2.45) is 5.92 Å². The molecule has 6 nitrogen and oxygen atoms in total. The van der Waals surface area contributed by atoms with Gasteiger partial charge in [0.15, 0.2) is 6.61 Å². The van der Waals surface area contributed by atoms with Gasteiger partial charge in [-0.3, -0.25) is 14.4 Å². The van der Waals surface area contributed by atoms with Crippen molar-refractivity contribution < 1.29 is 19.1 Å². The van der Waals surface area contributed by atoms with Crippen LogP contribution in [0.5, 0.6) is 0 Å². The van der Waals surface area contributed by atoms with Crippen LogP contribution in [0.3, 0.4) is 0 Å². The second kappa shape index (κ2) is 8.69. The van der Waals surface area contributed by atoms with Gasteiger partial charge in [0, 0.05) is 25.2 Å². The molecule has 0 saturated carbocycles. The zero-order valence-corrected chi connectivity index (χ0v) is 16.1. The number of anilines is 1. The van der Waals surface area contributed by atoms with Crippen LogP contribution in [0, 0.1) is 19.8 Å². The number of amides is 2. The van der Waals surface area contributed by atoms with Crippen molar-refractivity contribution >= 4 is 23.5 Å². The summed E-state index contributed by atoms with van der Waals surface area (Å²) < 4.78 is 5.12. The lowest BCUT2D eigenvalue weighted by Crippen LogP contribution is -2.28. The van der Waals surface area contributed by atoms with E-state index < -0.39 is 17.8 Å². The molecule has 2 aromatic rings. The molecule has 0 bridgehead atoms. The van der Waals surface area contributed by atoms with Gasteiger partial charge in [-0.2, -0.15) is 0 Å². The van der Waals surface area contributed by atoms with E-state index in [2.05, 4.69) is 5.32 Å². The Hall–Kier alpha value is -3.15. The van der Waals surface area contributed by atoms with Crippen LogP contribution in [0.15, 0.2) is 48.5 Å². The summed E-state index contributed by atoms with van der Waals surface area (Å²) >= 11 is 0. The van der Waals surface area contributed by atoms with Crippen molar-refractivity contribution in [1.29, 1.82) is 0 Å². The van der Waals surface area contributed by atoms with Gasteiger partial charge in [-0.1, -0.05) is 42.0 Å². The van der Waals surface area contributed by atoms with E-state index in [9.17, 15) is 14.4 Å². The molecule has 2 amide bonds. The Bertz CT molecular complexity index is 876. The molecule has 3 rings (SSSR count). The lowest BCUT2D eigenvalue weighted by atomic mass is 10.1. The molecule has 0 radical (unpaired) electrons. The maximum atomic E-state index is 12.3. The third kappa shape index (κ3) is 5.19. The highest BCUT2D eigenvalue weighted by Gasteiger charge is 2.35. The van der Waals surface area contributed by atoms with E-state index in [-0.39, 0.29) is 18.9 Å². The number of hydrogen-bond donors (Lipinski definition) is 1. The third-order valence-electron chi connectivity index (χ3n) is 4.69. The monoisotopic (exact) mass is 380 g/mol.